The Labute approximate surface area is 124 Å². The number of aryl methyl sites for hydroxylation is 1. The first-order valence-electron chi connectivity index (χ1n) is 6.20. The molecule has 0 aromatic carbocycles. The lowest BCUT2D eigenvalue weighted by molar-refractivity contribution is -0.134. The molecule has 1 aliphatic heterocycles. The van der Waals surface area contributed by atoms with Crippen LogP contribution in [0.1, 0.15) is 18.3 Å². The molecular weight excluding hydrogens is 287 g/mol. The molecule has 108 valence electrons. The minimum Gasteiger partial charge on any atom is -0.336 e. The molecule has 0 bridgehead atoms. The predicted molar refractivity (Wildman–Crippen MR) is 78.0 cm³/mol. The molecule has 1 fully saturated rings. The predicted octanol–water partition coefficient (Wildman–Crippen LogP) is 1.40. The molecule has 2 rings (SSSR count). The minimum absolute atomic E-state index is 0. The van der Waals surface area contributed by atoms with E-state index in [0.717, 1.165) is 31.0 Å². The zero-order chi connectivity index (χ0) is 13.3. The Hall–Kier alpha value is -0.780. The van der Waals surface area contributed by atoms with Crippen LogP contribution in [-0.4, -0.2) is 46.3 Å². The summed E-state index contributed by atoms with van der Waals surface area (Å²) in [5, 5.41) is 8.21. The van der Waals surface area contributed by atoms with Gasteiger partial charge < -0.3 is 10.2 Å². The normalized spacial score (nSPS) is 19.2. The van der Waals surface area contributed by atoms with Gasteiger partial charge in [0.15, 0.2) is 0 Å². The molecule has 0 radical (unpaired) electrons. The highest BCUT2D eigenvalue weighted by atomic mass is 35.5. The van der Waals surface area contributed by atoms with Crippen molar-refractivity contribution >= 4 is 29.9 Å². The third-order valence-electron chi connectivity index (χ3n) is 3.40. The molecule has 1 N–H and O–H groups in total. The number of nitrogens with one attached hydrogen (secondary N) is 1. The van der Waals surface area contributed by atoms with Crippen LogP contribution < -0.4 is 5.32 Å². The lowest BCUT2D eigenvalue weighted by atomic mass is 10.2. The van der Waals surface area contributed by atoms with Crippen LogP contribution in [0.5, 0.6) is 0 Å². The highest BCUT2D eigenvalue weighted by Crippen LogP contribution is 2.19. The van der Waals surface area contributed by atoms with Crippen molar-refractivity contribution in [3.63, 3.8) is 0 Å². The fraction of sp³-hybridized carbons (Fsp3) is 0.667. The number of rotatable bonds is 2. The summed E-state index contributed by atoms with van der Waals surface area (Å²) in [5.41, 5.74) is 1.63. The Morgan fingerprint density at radius 1 is 1.53 bits per heavy atom. The first-order chi connectivity index (χ1) is 8.50. The largest absolute Gasteiger partial charge is 0.336 e. The van der Waals surface area contributed by atoms with E-state index in [4.69, 9.17) is 11.6 Å². The molecule has 1 aromatic heterocycles. The number of piperazine rings is 1. The highest BCUT2D eigenvalue weighted by Gasteiger charge is 2.24. The van der Waals surface area contributed by atoms with Gasteiger partial charge in [0.1, 0.15) is 6.54 Å². The third kappa shape index (κ3) is 3.41. The van der Waals surface area contributed by atoms with Crippen LogP contribution in [0.3, 0.4) is 0 Å². The Morgan fingerprint density at radius 3 is 2.74 bits per heavy atom. The number of aromatic nitrogens is 2. The molecule has 5 nitrogen and oxygen atoms in total. The zero-order valence-electron chi connectivity index (χ0n) is 11.4. The zero-order valence-corrected chi connectivity index (χ0v) is 13.0. The Morgan fingerprint density at radius 2 is 2.21 bits per heavy atom. The number of carbonyl (C=O) groups is 1. The molecular formula is C12H20Cl2N4O. The van der Waals surface area contributed by atoms with E-state index >= 15 is 0 Å². The van der Waals surface area contributed by atoms with Crippen molar-refractivity contribution in [1.29, 1.82) is 0 Å². The maximum absolute atomic E-state index is 12.2. The Bertz CT molecular complexity index is 461. The number of hydrogen-bond acceptors (Lipinski definition) is 3. The fourth-order valence-electron chi connectivity index (χ4n) is 2.26. The second-order valence-corrected chi connectivity index (χ2v) is 5.16. The summed E-state index contributed by atoms with van der Waals surface area (Å²) < 4.78 is 1.69. The molecule has 0 unspecified atom stereocenters. The Kier molecular flexibility index (Phi) is 5.64. The second kappa shape index (κ2) is 6.59. The van der Waals surface area contributed by atoms with Gasteiger partial charge in [0.25, 0.3) is 0 Å². The fourth-order valence-corrected chi connectivity index (χ4v) is 2.39. The summed E-state index contributed by atoms with van der Waals surface area (Å²) in [6.45, 7) is 8.52. The molecule has 0 spiro atoms. The van der Waals surface area contributed by atoms with E-state index in [2.05, 4.69) is 17.3 Å². The summed E-state index contributed by atoms with van der Waals surface area (Å²) in [4.78, 5) is 14.1. The molecule has 1 saturated heterocycles. The van der Waals surface area contributed by atoms with E-state index in [1.54, 1.807) is 4.68 Å². The number of nitrogens with zero attached hydrogens (tertiary/aromatic N) is 3. The maximum atomic E-state index is 12.2. The number of halogens is 2. The second-order valence-electron chi connectivity index (χ2n) is 4.78. The van der Waals surface area contributed by atoms with E-state index < -0.39 is 0 Å². The van der Waals surface area contributed by atoms with Gasteiger partial charge in [-0.05, 0) is 20.8 Å². The van der Waals surface area contributed by atoms with Crippen LogP contribution in [0.25, 0.3) is 0 Å². The van der Waals surface area contributed by atoms with Gasteiger partial charge in [-0.1, -0.05) is 11.6 Å². The number of hydrogen-bond donors (Lipinski definition) is 1. The lowest BCUT2D eigenvalue weighted by Gasteiger charge is -2.34. The average molecular weight is 307 g/mol. The van der Waals surface area contributed by atoms with Crippen LogP contribution in [-0.2, 0) is 11.3 Å². The van der Waals surface area contributed by atoms with Crippen LogP contribution in [0, 0.1) is 13.8 Å². The van der Waals surface area contributed by atoms with Crippen molar-refractivity contribution in [2.45, 2.75) is 33.4 Å². The molecule has 1 atom stereocenters. The van der Waals surface area contributed by atoms with Crippen molar-refractivity contribution in [3.05, 3.63) is 16.4 Å². The summed E-state index contributed by atoms with van der Waals surface area (Å²) in [6, 6.07) is 0.235. The van der Waals surface area contributed by atoms with Crippen molar-refractivity contribution in [2.75, 3.05) is 19.6 Å². The van der Waals surface area contributed by atoms with Gasteiger partial charge in [0.05, 0.1) is 16.4 Å². The maximum Gasteiger partial charge on any atom is 0.244 e. The van der Waals surface area contributed by atoms with Crippen LogP contribution in [0.2, 0.25) is 5.02 Å². The molecule has 1 amide bonds. The topological polar surface area (TPSA) is 50.2 Å². The smallest absolute Gasteiger partial charge is 0.244 e. The van der Waals surface area contributed by atoms with E-state index in [-0.39, 0.29) is 30.9 Å². The van der Waals surface area contributed by atoms with Gasteiger partial charge >= 0.3 is 0 Å². The molecule has 7 heteroatoms. The van der Waals surface area contributed by atoms with Gasteiger partial charge in [-0.15, -0.1) is 12.4 Å². The average Bonchev–Trinajstić information content (AvgIpc) is 2.57. The first kappa shape index (κ1) is 16.3. The van der Waals surface area contributed by atoms with Crippen molar-refractivity contribution in [3.8, 4) is 0 Å². The summed E-state index contributed by atoms with van der Waals surface area (Å²) in [7, 11) is 0. The van der Waals surface area contributed by atoms with E-state index in [9.17, 15) is 4.79 Å². The summed E-state index contributed by atoms with van der Waals surface area (Å²) in [6.07, 6.45) is 0. The molecule has 0 aliphatic carbocycles. The lowest BCUT2D eigenvalue weighted by Crippen LogP contribution is -2.53. The van der Waals surface area contributed by atoms with Gasteiger partial charge in [0, 0.05) is 25.7 Å². The first-order valence-corrected chi connectivity index (χ1v) is 6.58. The summed E-state index contributed by atoms with van der Waals surface area (Å²) >= 11 is 6.08. The quantitative estimate of drug-likeness (QED) is 0.898. The summed E-state index contributed by atoms with van der Waals surface area (Å²) in [5.74, 6) is 0.103. The van der Waals surface area contributed by atoms with Crippen molar-refractivity contribution in [2.24, 2.45) is 0 Å². The van der Waals surface area contributed by atoms with E-state index in [1.165, 1.54) is 0 Å². The SMILES string of the molecule is Cc1nn(CC(=O)N2CCNC[C@@H]2C)c(C)c1Cl.Cl. The van der Waals surface area contributed by atoms with Crippen LogP contribution >= 0.6 is 24.0 Å². The van der Waals surface area contributed by atoms with Gasteiger partial charge in [0.2, 0.25) is 5.91 Å². The van der Waals surface area contributed by atoms with E-state index in [0.29, 0.717) is 5.02 Å². The van der Waals surface area contributed by atoms with E-state index in [1.807, 2.05) is 18.7 Å². The van der Waals surface area contributed by atoms with Crippen molar-refractivity contribution < 1.29 is 4.79 Å². The van der Waals surface area contributed by atoms with Gasteiger partial charge in [-0.25, -0.2) is 0 Å². The molecule has 1 aliphatic rings. The Balaban J connectivity index is 0.00000180. The number of amides is 1. The molecule has 0 saturated carbocycles. The molecule has 2 heterocycles. The minimum atomic E-state index is 0. The van der Waals surface area contributed by atoms with Gasteiger partial charge in [-0.3, -0.25) is 9.48 Å². The highest BCUT2D eigenvalue weighted by molar-refractivity contribution is 6.31. The van der Waals surface area contributed by atoms with Crippen molar-refractivity contribution in [1.82, 2.24) is 20.0 Å². The van der Waals surface area contributed by atoms with Gasteiger partial charge in [-0.2, -0.15) is 5.10 Å². The standard InChI is InChI=1S/C12H19ClN4O.ClH/c1-8-6-14-4-5-16(8)11(18)7-17-10(3)12(13)9(2)15-17;/h8,14H,4-7H2,1-3H3;1H/t8-;/m0./s1. The monoisotopic (exact) mass is 306 g/mol. The third-order valence-corrected chi connectivity index (χ3v) is 3.95. The van der Waals surface area contributed by atoms with Crippen LogP contribution in [0.4, 0.5) is 0 Å². The molecule has 19 heavy (non-hydrogen) atoms. The number of carbonyl (C=O) groups excluding carboxylic acids is 1. The molecule has 1 aromatic rings. The van der Waals surface area contributed by atoms with Crippen LogP contribution in [0.15, 0.2) is 0 Å².